The summed E-state index contributed by atoms with van der Waals surface area (Å²) < 4.78 is 23.7. The van der Waals surface area contributed by atoms with Crippen LogP contribution in [0.25, 0.3) is 11.0 Å². The molecular weight excluding hydrogens is 197 g/mol. The molecule has 2 N–H and O–H groups in total. The van der Waals surface area contributed by atoms with Crippen LogP contribution >= 0.6 is 0 Å². The van der Waals surface area contributed by atoms with E-state index in [1.165, 1.54) is 19.2 Å². The van der Waals surface area contributed by atoms with Crippen molar-refractivity contribution in [3.63, 3.8) is 0 Å². The fourth-order valence-corrected chi connectivity index (χ4v) is 1.62. The molecule has 3 nitrogen and oxygen atoms in total. The summed E-state index contributed by atoms with van der Waals surface area (Å²) in [6.07, 6.45) is 0.583. The molecule has 80 valence electrons. The lowest BCUT2D eigenvalue weighted by atomic mass is 10.2. The van der Waals surface area contributed by atoms with E-state index in [-0.39, 0.29) is 5.82 Å². The second kappa shape index (κ2) is 3.90. The Hall–Kier alpha value is -1.55. The lowest BCUT2D eigenvalue weighted by molar-refractivity contribution is 0.396. The smallest absolute Gasteiger partial charge is 0.168 e. The molecule has 2 aromatic rings. The largest absolute Gasteiger partial charge is 0.492 e. The molecule has 0 amide bonds. The zero-order valence-electron chi connectivity index (χ0n) is 8.42. The number of fused-ring (bicyclic) bond motifs is 1. The van der Waals surface area contributed by atoms with Crippen LogP contribution in [0.5, 0.6) is 5.75 Å². The van der Waals surface area contributed by atoms with Crippen LogP contribution < -0.4 is 10.5 Å². The third-order valence-corrected chi connectivity index (χ3v) is 2.25. The van der Waals surface area contributed by atoms with Gasteiger partial charge in [-0.25, -0.2) is 4.39 Å². The first-order valence-electron chi connectivity index (χ1n) is 4.71. The summed E-state index contributed by atoms with van der Waals surface area (Å²) in [5, 5.41) is 0.654. The predicted molar refractivity (Wildman–Crippen MR) is 55.5 cm³/mol. The number of benzene rings is 1. The minimum Gasteiger partial charge on any atom is -0.492 e. The third-order valence-electron chi connectivity index (χ3n) is 2.25. The number of methoxy groups -OCH3 is 1. The Kier molecular flexibility index (Phi) is 2.60. The first-order valence-corrected chi connectivity index (χ1v) is 4.71. The van der Waals surface area contributed by atoms with Gasteiger partial charge < -0.3 is 14.9 Å². The van der Waals surface area contributed by atoms with E-state index in [1.807, 2.05) is 0 Å². The van der Waals surface area contributed by atoms with E-state index in [0.29, 0.717) is 35.4 Å². The van der Waals surface area contributed by atoms with E-state index in [9.17, 15) is 4.39 Å². The maximum absolute atomic E-state index is 13.0. The SMILES string of the molecule is COc1c(CCN)oc2ccc(F)cc12. The minimum absolute atomic E-state index is 0.305. The van der Waals surface area contributed by atoms with Gasteiger partial charge >= 0.3 is 0 Å². The number of hydrogen-bond acceptors (Lipinski definition) is 3. The van der Waals surface area contributed by atoms with Gasteiger partial charge in [0.2, 0.25) is 0 Å². The Morgan fingerprint density at radius 1 is 1.47 bits per heavy atom. The monoisotopic (exact) mass is 209 g/mol. The summed E-state index contributed by atoms with van der Waals surface area (Å²) in [5.41, 5.74) is 6.07. The Labute approximate surface area is 86.6 Å². The van der Waals surface area contributed by atoms with Crippen molar-refractivity contribution >= 4 is 11.0 Å². The normalized spacial score (nSPS) is 10.9. The molecule has 0 aliphatic rings. The highest BCUT2D eigenvalue weighted by Gasteiger charge is 2.14. The Morgan fingerprint density at radius 3 is 2.93 bits per heavy atom. The van der Waals surface area contributed by atoms with Crippen molar-refractivity contribution < 1.29 is 13.5 Å². The molecule has 0 atom stereocenters. The van der Waals surface area contributed by atoms with Crippen molar-refractivity contribution in [2.75, 3.05) is 13.7 Å². The maximum atomic E-state index is 13.0. The Bertz CT molecular complexity index is 479. The average Bonchev–Trinajstić information content (AvgIpc) is 2.55. The summed E-state index contributed by atoms with van der Waals surface area (Å²) in [6, 6.07) is 4.35. The molecular formula is C11H12FNO2. The van der Waals surface area contributed by atoms with Crippen molar-refractivity contribution in [3.05, 3.63) is 29.8 Å². The standard InChI is InChI=1S/C11H12FNO2/c1-14-11-8-6-7(12)2-3-9(8)15-10(11)4-5-13/h2-3,6H,4-5,13H2,1H3. The van der Waals surface area contributed by atoms with Gasteiger partial charge in [0, 0.05) is 6.42 Å². The second-order valence-electron chi connectivity index (χ2n) is 3.24. The van der Waals surface area contributed by atoms with E-state index in [4.69, 9.17) is 14.9 Å². The number of furan rings is 1. The van der Waals surface area contributed by atoms with E-state index in [1.54, 1.807) is 6.07 Å². The van der Waals surface area contributed by atoms with Crippen LogP contribution in [0.2, 0.25) is 0 Å². The average molecular weight is 209 g/mol. The van der Waals surface area contributed by atoms with Crippen molar-refractivity contribution in [3.8, 4) is 5.75 Å². The summed E-state index contributed by atoms with van der Waals surface area (Å²) in [5.74, 6) is 0.941. The van der Waals surface area contributed by atoms with Crippen LogP contribution in [0, 0.1) is 5.82 Å². The zero-order chi connectivity index (χ0) is 10.8. The van der Waals surface area contributed by atoms with E-state index in [2.05, 4.69) is 0 Å². The Morgan fingerprint density at radius 2 is 2.27 bits per heavy atom. The van der Waals surface area contributed by atoms with Crippen molar-refractivity contribution in [1.82, 2.24) is 0 Å². The molecule has 0 spiro atoms. The molecule has 1 aromatic heterocycles. The molecule has 0 saturated carbocycles. The predicted octanol–water partition coefficient (Wildman–Crippen LogP) is 2.08. The van der Waals surface area contributed by atoms with E-state index in [0.717, 1.165) is 0 Å². The van der Waals surface area contributed by atoms with Gasteiger partial charge in [-0.05, 0) is 24.7 Å². The van der Waals surface area contributed by atoms with Crippen LogP contribution in [0.4, 0.5) is 4.39 Å². The van der Waals surface area contributed by atoms with Crippen molar-refractivity contribution in [1.29, 1.82) is 0 Å². The highest BCUT2D eigenvalue weighted by molar-refractivity contribution is 5.85. The minimum atomic E-state index is -0.305. The van der Waals surface area contributed by atoms with Gasteiger partial charge in [-0.15, -0.1) is 0 Å². The molecule has 2 rings (SSSR count). The van der Waals surface area contributed by atoms with Crippen LogP contribution in [0.1, 0.15) is 5.76 Å². The lowest BCUT2D eigenvalue weighted by Crippen LogP contribution is -2.02. The van der Waals surface area contributed by atoms with Gasteiger partial charge in [-0.3, -0.25) is 0 Å². The molecule has 0 saturated heterocycles. The highest BCUT2D eigenvalue weighted by atomic mass is 19.1. The summed E-state index contributed by atoms with van der Waals surface area (Å²) in [7, 11) is 1.54. The molecule has 4 heteroatoms. The van der Waals surface area contributed by atoms with Gasteiger partial charge in [-0.2, -0.15) is 0 Å². The van der Waals surface area contributed by atoms with Gasteiger partial charge in [0.1, 0.15) is 17.2 Å². The van der Waals surface area contributed by atoms with Gasteiger partial charge in [-0.1, -0.05) is 0 Å². The highest BCUT2D eigenvalue weighted by Crippen LogP contribution is 2.33. The number of nitrogens with two attached hydrogens (primary N) is 1. The van der Waals surface area contributed by atoms with E-state index >= 15 is 0 Å². The van der Waals surface area contributed by atoms with Gasteiger partial charge in [0.05, 0.1) is 12.5 Å². The molecule has 0 radical (unpaired) electrons. The molecule has 0 aliphatic carbocycles. The van der Waals surface area contributed by atoms with Crippen LogP contribution in [0.15, 0.2) is 22.6 Å². The van der Waals surface area contributed by atoms with Crippen molar-refractivity contribution in [2.45, 2.75) is 6.42 Å². The number of halogens is 1. The quantitative estimate of drug-likeness (QED) is 0.841. The van der Waals surface area contributed by atoms with E-state index < -0.39 is 0 Å². The summed E-state index contributed by atoms with van der Waals surface area (Å²) >= 11 is 0. The molecule has 1 aromatic carbocycles. The van der Waals surface area contributed by atoms with Gasteiger partial charge in [0.15, 0.2) is 5.75 Å². The Balaban J connectivity index is 2.63. The number of hydrogen-bond donors (Lipinski definition) is 1. The van der Waals surface area contributed by atoms with Crippen molar-refractivity contribution in [2.24, 2.45) is 5.73 Å². The molecule has 0 fully saturated rings. The first-order chi connectivity index (χ1) is 7.26. The van der Waals surface area contributed by atoms with Gasteiger partial charge in [0.25, 0.3) is 0 Å². The van der Waals surface area contributed by atoms with Crippen LogP contribution in [0.3, 0.4) is 0 Å². The van der Waals surface area contributed by atoms with Crippen LogP contribution in [-0.2, 0) is 6.42 Å². The molecule has 0 aliphatic heterocycles. The zero-order valence-corrected chi connectivity index (χ0v) is 8.42. The lowest BCUT2D eigenvalue weighted by Gasteiger charge is -1.98. The summed E-state index contributed by atoms with van der Waals surface area (Å²) in [6.45, 7) is 0.471. The number of ether oxygens (including phenoxy) is 1. The molecule has 15 heavy (non-hydrogen) atoms. The molecule has 0 bridgehead atoms. The topological polar surface area (TPSA) is 48.4 Å². The summed E-state index contributed by atoms with van der Waals surface area (Å²) in [4.78, 5) is 0. The maximum Gasteiger partial charge on any atom is 0.168 e. The molecule has 0 unspecified atom stereocenters. The fraction of sp³-hybridized carbons (Fsp3) is 0.273. The molecule has 1 heterocycles. The van der Waals surface area contributed by atoms with Crippen LogP contribution in [-0.4, -0.2) is 13.7 Å². The fourth-order valence-electron chi connectivity index (χ4n) is 1.62. The third kappa shape index (κ3) is 1.68. The first kappa shape index (κ1) is 9.98. The number of rotatable bonds is 3. The second-order valence-corrected chi connectivity index (χ2v) is 3.24.